The average molecular weight is 388 g/mol. The van der Waals surface area contributed by atoms with E-state index in [4.69, 9.17) is 0 Å². The van der Waals surface area contributed by atoms with E-state index in [9.17, 15) is 9.90 Å². The second-order valence-electron chi connectivity index (χ2n) is 9.05. The Hall–Kier alpha value is -1.35. The molecule has 28 heavy (non-hydrogen) atoms. The van der Waals surface area contributed by atoms with Crippen LogP contribution in [0, 0.1) is 11.8 Å². The van der Waals surface area contributed by atoms with E-state index in [0.29, 0.717) is 11.5 Å². The van der Waals surface area contributed by atoms with Gasteiger partial charge in [0.2, 0.25) is 0 Å². The van der Waals surface area contributed by atoms with Gasteiger partial charge in [-0.25, -0.2) is 0 Å². The molecule has 1 atom stereocenters. The number of carbonyl (C=O) groups is 1. The highest BCUT2D eigenvalue weighted by atomic mass is 16.3. The number of rotatable bonds is 11. The van der Waals surface area contributed by atoms with Crippen LogP contribution in [0.15, 0.2) is 24.3 Å². The average Bonchev–Trinajstić information content (AvgIpc) is 2.72. The number of benzene rings is 1. The van der Waals surface area contributed by atoms with Crippen LogP contribution in [0.5, 0.6) is 0 Å². The van der Waals surface area contributed by atoms with E-state index in [0.717, 1.165) is 5.92 Å². The summed E-state index contributed by atoms with van der Waals surface area (Å²) in [5, 5.41) is 12.3. The number of aliphatic hydroxyl groups excluding tert-OH is 1. The number of aliphatic hydroxyl groups is 1. The molecule has 1 fully saturated rings. The molecule has 0 spiro atoms. The van der Waals surface area contributed by atoms with Crippen molar-refractivity contribution in [2.24, 2.45) is 11.8 Å². The summed E-state index contributed by atoms with van der Waals surface area (Å²) in [6, 6.07) is 7.96. The van der Waals surface area contributed by atoms with Gasteiger partial charge in [-0.2, -0.15) is 0 Å². The zero-order valence-corrected chi connectivity index (χ0v) is 18.3. The molecule has 0 radical (unpaired) electrons. The van der Waals surface area contributed by atoms with Gasteiger partial charge in [0.15, 0.2) is 0 Å². The number of nitrogens with one attached hydrogen (secondary N) is 1. The van der Waals surface area contributed by atoms with Crippen LogP contribution in [-0.2, 0) is 0 Å². The van der Waals surface area contributed by atoms with Crippen molar-refractivity contribution in [1.82, 2.24) is 5.32 Å². The van der Waals surface area contributed by atoms with Gasteiger partial charge in [0.25, 0.3) is 5.91 Å². The van der Waals surface area contributed by atoms with Crippen molar-refractivity contribution in [2.45, 2.75) is 96.9 Å². The van der Waals surface area contributed by atoms with Gasteiger partial charge < -0.3 is 10.4 Å². The Morgan fingerprint density at radius 2 is 1.68 bits per heavy atom. The van der Waals surface area contributed by atoms with Crippen molar-refractivity contribution >= 4 is 5.91 Å². The lowest BCUT2D eigenvalue weighted by atomic mass is 9.77. The Morgan fingerprint density at radius 3 is 2.25 bits per heavy atom. The fourth-order valence-electron chi connectivity index (χ4n) is 4.40. The van der Waals surface area contributed by atoms with Crippen LogP contribution in [0.25, 0.3) is 0 Å². The number of unbranched alkanes of at least 4 members (excludes halogenated alkanes) is 4. The van der Waals surface area contributed by atoms with E-state index in [1.807, 2.05) is 26.0 Å². The van der Waals surface area contributed by atoms with Crippen molar-refractivity contribution in [3.05, 3.63) is 35.4 Å². The van der Waals surface area contributed by atoms with E-state index in [1.165, 1.54) is 69.8 Å². The highest BCUT2D eigenvalue weighted by molar-refractivity contribution is 5.94. The Labute approximate surface area is 172 Å². The minimum absolute atomic E-state index is 0.0245. The summed E-state index contributed by atoms with van der Waals surface area (Å²) in [6.45, 7) is 6.26. The lowest BCUT2D eigenvalue weighted by Gasteiger charge is -2.29. The van der Waals surface area contributed by atoms with Crippen LogP contribution in [0.2, 0.25) is 0 Å². The van der Waals surface area contributed by atoms with Crippen LogP contribution >= 0.6 is 0 Å². The van der Waals surface area contributed by atoms with Gasteiger partial charge in [-0.3, -0.25) is 4.79 Å². The zero-order valence-electron chi connectivity index (χ0n) is 18.3. The van der Waals surface area contributed by atoms with E-state index >= 15 is 0 Å². The van der Waals surface area contributed by atoms with E-state index in [-0.39, 0.29) is 24.5 Å². The van der Waals surface area contributed by atoms with Gasteiger partial charge in [0.05, 0.1) is 12.6 Å². The molecule has 1 saturated carbocycles. The monoisotopic (exact) mass is 387 g/mol. The van der Waals surface area contributed by atoms with Crippen LogP contribution in [0.3, 0.4) is 0 Å². The minimum Gasteiger partial charge on any atom is -0.394 e. The summed E-state index contributed by atoms with van der Waals surface area (Å²) < 4.78 is 0. The van der Waals surface area contributed by atoms with Crippen molar-refractivity contribution in [1.29, 1.82) is 0 Å². The fraction of sp³-hybridized carbons (Fsp3) is 0.720. The third-order valence-corrected chi connectivity index (χ3v) is 6.52. The number of hydrogen-bond acceptors (Lipinski definition) is 2. The van der Waals surface area contributed by atoms with Crippen molar-refractivity contribution < 1.29 is 9.90 Å². The number of hydrogen-bond donors (Lipinski definition) is 2. The largest absolute Gasteiger partial charge is 0.394 e. The lowest BCUT2D eigenvalue weighted by Crippen LogP contribution is -2.41. The molecule has 2 N–H and O–H groups in total. The molecule has 1 aromatic carbocycles. The first-order chi connectivity index (χ1) is 13.5. The first-order valence-electron chi connectivity index (χ1n) is 11.6. The molecule has 2 rings (SSSR count). The van der Waals surface area contributed by atoms with Gasteiger partial charge in [0.1, 0.15) is 0 Å². The maximum atomic E-state index is 12.4. The molecule has 3 heteroatoms. The summed E-state index contributed by atoms with van der Waals surface area (Å²) in [5.41, 5.74) is 2.06. The molecule has 0 unspecified atom stereocenters. The summed E-state index contributed by atoms with van der Waals surface area (Å²) in [5.74, 6) is 1.70. The predicted molar refractivity (Wildman–Crippen MR) is 118 cm³/mol. The third kappa shape index (κ3) is 7.24. The van der Waals surface area contributed by atoms with Crippen LogP contribution < -0.4 is 5.32 Å². The predicted octanol–water partition coefficient (Wildman–Crippen LogP) is 6.07. The van der Waals surface area contributed by atoms with Gasteiger partial charge in [-0.15, -0.1) is 0 Å². The Kier molecular flexibility index (Phi) is 10.0. The first-order valence-corrected chi connectivity index (χ1v) is 11.6. The Bertz CT molecular complexity index is 558. The van der Waals surface area contributed by atoms with Crippen molar-refractivity contribution in [3.8, 4) is 0 Å². The molecular formula is C25H41NO2. The van der Waals surface area contributed by atoms with Gasteiger partial charge >= 0.3 is 0 Å². The smallest absolute Gasteiger partial charge is 0.251 e. The minimum atomic E-state index is -0.190. The highest BCUT2D eigenvalue weighted by Gasteiger charge is 2.22. The summed E-state index contributed by atoms with van der Waals surface area (Å²) in [7, 11) is 0. The third-order valence-electron chi connectivity index (χ3n) is 6.52. The fourth-order valence-corrected chi connectivity index (χ4v) is 4.40. The maximum absolute atomic E-state index is 12.4. The quantitative estimate of drug-likeness (QED) is 0.453. The van der Waals surface area contributed by atoms with Crippen molar-refractivity contribution in [2.75, 3.05) is 6.61 Å². The Morgan fingerprint density at radius 1 is 1.04 bits per heavy atom. The molecule has 1 aromatic rings. The van der Waals surface area contributed by atoms with E-state index < -0.39 is 0 Å². The molecule has 0 bridgehead atoms. The molecule has 1 aliphatic carbocycles. The van der Waals surface area contributed by atoms with Crippen LogP contribution in [-0.4, -0.2) is 23.7 Å². The highest BCUT2D eigenvalue weighted by Crippen LogP contribution is 2.37. The standard InChI is InChI=1S/C25H41NO2/c1-4-5-6-7-8-9-20-10-12-21(13-11-20)22-14-16-23(17-15-22)25(28)26-24(18-27)19(2)3/h14-17,19-21,24,27H,4-13,18H2,1-3H3,(H,26,28)/t20-,21-,24-/m1/s1. The maximum Gasteiger partial charge on any atom is 0.251 e. The van der Waals surface area contributed by atoms with Gasteiger partial charge in [-0.05, 0) is 61.1 Å². The molecule has 0 heterocycles. The molecule has 1 aliphatic rings. The number of carbonyl (C=O) groups excluding carboxylic acids is 1. The molecule has 0 aliphatic heterocycles. The van der Waals surface area contributed by atoms with Gasteiger partial charge in [0, 0.05) is 5.56 Å². The zero-order chi connectivity index (χ0) is 20.4. The normalized spacial score (nSPS) is 20.9. The second-order valence-corrected chi connectivity index (χ2v) is 9.05. The summed E-state index contributed by atoms with van der Waals surface area (Å²) >= 11 is 0. The van der Waals surface area contributed by atoms with E-state index in [2.05, 4.69) is 24.4 Å². The van der Waals surface area contributed by atoms with Crippen molar-refractivity contribution in [3.63, 3.8) is 0 Å². The first kappa shape index (κ1) is 22.9. The molecular weight excluding hydrogens is 346 g/mol. The van der Waals surface area contributed by atoms with Crippen LogP contribution in [0.4, 0.5) is 0 Å². The van der Waals surface area contributed by atoms with E-state index in [1.54, 1.807) is 0 Å². The second kappa shape index (κ2) is 12.3. The summed E-state index contributed by atoms with van der Waals surface area (Å²) in [4.78, 5) is 12.4. The molecule has 0 saturated heterocycles. The van der Waals surface area contributed by atoms with Crippen LogP contribution in [0.1, 0.15) is 107 Å². The molecule has 1 amide bonds. The molecule has 158 valence electrons. The Balaban J connectivity index is 1.77. The molecule has 3 nitrogen and oxygen atoms in total. The lowest BCUT2D eigenvalue weighted by molar-refractivity contribution is 0.0897. The molecule has 0 aromatic heterocycles. The topological polar surface area (TPSA) is 49.3 Å². The number of amides is 1. The van der Waals surface area contributed by atoms with Gasteiger partial charge in [-0.1, -0.05) is 71.4 Å². The summed E-state index contributed by atoms with van der Waals surface area (Å²) in [6.07, 6.45) is 13.6. The SMILES string of the molecule is CCCCCCC[C@H]1CC[C@H](c2ccc(C(=O)N[C@H](CO)C(C)C)cc2)CC1.